The number of carbonyl (C=O) groups excluding carboxylic acids is 1. The van der Waals surface area contributed by atoms with Gasteiger partial charge in [-0.15, -0.1) is 5.10 Å². The van der Waals surface area contributed by atoms with Crippen LogP contribution in [0.1, 0.15) is 26.6 Å². The molecule has 112 valence electrons. The Morgan fingerprint density at radius 1 is 1.33 bits per heavy atom. The van der Waals surface area contributed by atoms with Crippen molar-refractivity contribution in [2.45, 2.75) is 38.4 Å². The smallest absolute Gasteiger partial charge is 0.237 e. The molecule has 5 nitrogen and oxygen atoms in total. The first kappa shape index (κ1) is 15.6. The number of nitrogens with zero attached hydrogens (tertiary/aromatic N) is 3. The summed E-state index contributed by atoms with van der Waals surface area (Å²) in [6.07, 6.45) is 0.809. The van der Waals surface area contributed by atoms with E-state index in [1.54, 1.807) is 4.90 Å². The van der Waals surface area contributed by atoms with Crippen LogP contribution in [0.2, 0.25) is 0 Å². The van der Waals surface area contributed by atoms with Gasteiger partial charge in [-0.05, 0) is 26.0 Å². The standard InChI is InChI=1S/C15H20N4OS/c1-4-13-16-15(18-17-13)21-10-14(20)19(11(2)3)12-8-6-5-7-9-12/h5-9,11H,4,10H2,1-3H3,(H,16,17,18). The zero-order valence-corrected chi connectivity index (χ0v) is 13.4. The molecule has 0 aliphatic rings. The number of thioether (sulfide) groups is 1. The van der Waals surface area contributed by atoms with E-state index in [0.29, 0.717) is 10.9 Å². The topological polar surface area (TPSA) is 61.9 Å². The zero-order chi connectivity index (χ0) is 15.2. The number of amides is 1. The van der Waals surface area contributed by atoms with Gasteiger partial charge >= 0.3 is 0 Å². The van der Waals surface area contributed by atoms with Gasteiger partial charge in [0.05, 0.1) is 5.75 Å². The summed E-state index contributed by atoms with van der Waals surface area (Å²) in [5, 5.41) is 7.57. The average Bonchev–Trinajstić information content (AvgIpc) is 2.94. The number of rotatable bonds is 6. The van der Waals surface area contributed by atoms with Crippen LogP contribution in [-0.4, -0.2) is 32.9 Å². The molecule has 1 aromatic carbocycles. The number of aromatic amines is 1. The Morgan fingerprint density at radius 2 is 2.05 bits per heavy atom. The van der Waals surface area contributed by atoms with Gasteiger partial charge < -0.3 is 4.90 Å². The van der Waals surface area contributed by atoms with Gasteiger partial charge in [0.1, 0.15) is 5.82 Å². The van der Waals surface area contributed by atoms with Crippen LogP contribution in [0.5, 0.6) is 0 Å². The van der Waals surface area contributed by atoms with E-state index in [9.17, 15) is 4.79 Å². The number of aryl methyl sites for hydroxylation is 1. The number of para-hydroxylation sites is 1. The SMILES string of the molecule is CCc1nc(SCC(=O)N(c2ccccc2)C(C)C)n[nH]1. The maximum atomic E-state index is 12.5. The Hall–Kier alpha value is -1.82. The first-order valence-corrected chi connectivity index (χ1v) is 8.01. The fourth-order valence-electron chi connectivity index (χ4n) is 2.02. The average molecular weight is 304 g/mol. The molecule has 1 heterocycles. The minimum Gasteiger partial charge on any atom is -0.309 e. The first-order valence-electron chi connectivity index (χ1n) is 7.03. The molecule has 21 heavy (non-hydrogen) atoms. The zero-order valence-electron chi connectivity index (χ0n) is 12.5. The summed E-state index contributed by atoms with van der Waals surface area (Å²) in [5.41, 5.74) is 0.919. The Balaban J connectivity index is 2.02. The summed E-state index contributed by atoms with van der Waals surface area (Å²) < 4.78 is 0. The molecule has 1 aromatic heterocycles. The number of benzene rings is 1. The highest BCUT2D eigenvalue weighted by molar-refractivity contribution is 7.99. The summed E-state index contributed by atoms with van der Waals surface area (Å²) >= 11 is 1.36. The fraction of sp³-hybridized carbons (Fsp3) is 0.400. The summed E-state index contributed by atoms with van der Waals surface area (Å²) in [6, 6.07) is 9.83. The van der Waals surface area contributed by atoms with Crippen LogP contribution >= 0.6 is 11.8 Å². The summed E-state index contributed by atoms with van der Waals surface area (Å²) in [7, 11) is 0. The van der Waals surface area contributed by atoms with Gasteiger partial charge in [-0.25, -0.2) is 4.98 Å². The van der Waals surface area contributed by atoms with Gasteiger partial charge in [0, 0.05) is 18.2 Å². The van der Waals surface area contributed by atoms with Crippen LogP contribution in [0.15, 0.2) is 35.5 Å². The Labute approximate surface area is 129 Å². The maximum absolute atomic E-state index is 12.5. The van der Waals surface area contributed by atoms with E-state index in [1.807, 2.05) is 51.1 Å². The van der Waals surface area contributed by atoms with Crippen LogP contribution < -0.4 is 4.90 Å². The van der Waals surface area contributed by atoms with Crippen molar-refractivity contribution in [1.29, 1.82) is 0 Å². The molecule has 2 aromatic rings. The van der Waals surface area contributed by atoms with Crippen LogP contribution in [0.25, 0.3) is 0 Å². The Bertz CT molecular complexity index is 582. The molecular formula is C15H20N4OS. The second kappa shape index (κ2) is 7.26. The van der Waals surface area contributed by atoms with Crippen LogP contribution in [0, 0.1) is 0 Å². The number of hydrogen-bond acceptors (Lipinski definition) is 4. The molecule has 0 aliphatic carbocycles. The van der Waals surface area contributed by atoms with E-state index in [4.69, 9.17) is 0 Å². The molecule has 2 rings (SSSR count). The molecule has 0 bridgehead atoms. The fourth-order valence-corrected chi connectivity index (χ4v) is 2.69. The van der Waals surface area contributed by atoms with Crippen molar-refractivity contribution < 1.29 is 4.79 Å². The van der Waals surface area contributed by atoms with Crippen molar-refractivity contribution in [3.63, 3.8) is 0 Å². The number of anilines is 1. The second-order valence-corrected chi connectivity index (χ2v) is 5.84. The van der Waals surface area contributed by atoms with Gasteiger partial charge in [0.25, 0.3) is 0 Å². The van der Waals surface area contributed by atoms with Crippen LogP contribution in [0.4, 0.5) is 5.69 Å². The van der Waals surface area contributed by atoms with E-state index in [1.165, 1.54) is 11.8 Å². The monoisotopic (exact) mass is 304 g/mol. The number of aromatic nitrogens is 3. The van der Waals surface area contributed by atoms with E-state index >= 15 is 0 Å². The molecule has 6 heteroatoms. The lowest BCUT2D eigenvalue weighted by atomic mass is 10.2. The minimum absolute atomic E-state index is 0.0593. The maximum Gasteiger partial charge on any atom is 0.237 e. The lowest BCUT2D eigenvalue weighted by Crippen LogP contribution is -2.38. The van der Waals surface area contributed by atoms with Gasteiger partial charge in [-0.2, -0.15) is 0 Å². The van der Waals surface area contributed by atoms with Crippen molar-refractivity contribution in [1.82, 2.24) is 15.2 Å². The van der Waals surface area contributed by atoms with Crippen molar-refractivity contribution in [2.24, 2.45) is 0 Å². The van der Waals surface area contributed by atoms with Crippen LogP contribution in [-0.2, 0) is 11.2 Å². The molecule has 0 saturated heterocycles. The van der Waals surface area contributed by atoms with Gasteiger partial charge in [0.2, 0.25) is 11.1 Å². The molecular weight excluding hydrogens is 284 g/mol. The predicted octanol–water partition coefficient (Wildman–Crippen LogP) is 2.90. The van der Waals surface area contributed by atoms with Gasteiger partial charge in [-0.3, -0.25) is 9.89 Å². The molecule has 1 amide bonds. The summed E-state index contributed by atoms with van der Waals surface area (Å²) in [4.78, 5) is 18.6. The molecule has 0 aliphatic heterocycles. The van der Waals surface area contributed by atoms with E-state index in [0.717, 1.165) is 17.9 Å². The van der Waals surface area contributed by atoms with Crippen molar-refractivity contribution in [3.8, 4) is 0 Å². The van der Waals surface area contributed by atoms with Crippen molar-refractivity contribution in [2.75, 3.05) is 10.7 Å². The summed E-state index contributed by atoms with van der Waals surface area (Å²) in [6.45, 7) is 6.03. The third kappa shape index (κ3) is 4.07. The second-order valence-electron chi connectivity index (χ2n) is 4.90. The Kier molecular flexibility index (Phi) is 5.38. The first-order chi connectivity index (χ1) is 10.1. The quantitative estimate of drug-likeness (QED) is 0.834. The van der Waals surface area contributed by atoms with Gasteiger partial charge in [0.15, 0.2) is 0 Å². The Morgan fingerprint density at radius 3 is 2.62 bits per heavy atom. The molecule has 0 spiro atoms. The van der Waals surface area contributed by atoms with E-state index < -0.39 is 0 Å². The summed E-state index contributed by atoms with van der Waals surface area (Å²) in [5.74, 6) is 1.23. The molecule has 0 fully saturated rings. The van der Waals surface area contributed by atoms with Crippen LogP contribution in [0.3, 0.4) is 0 Å². The lowest BCUT2D eigenvalue weighted by Gasteiger charge is -2.26. The lowest BCUT2D eigenvalue weighted by molar-refractivity contribution is -0.116. The molecule has 1 N–H and O–H groups in total. The molecule has 0 unspecified atom stereocenters. The highest BCUT2D eigenvalue weighted by Gasteiger charge is 2.19. The third-order valence-electron chi connectivity index (χ3n) is 2.99. The molecule has 0 saturated carbocycles. The van der Waals surface area contributed by atoms with Crippen molar-refractivity contribution in [3.05, 3.63) is 36.2 Å². The molecule has 0 radical (unpaired) electrons. The largest absolute Gasteiger partial charge is 0.309 e. The van der Waals surface area contributed by atoms with Crippen molar-refractivity contribution >= 4 is 23.4 Å². The van der Waals surface area contributed by atoms with E-state index in [-0.39, 0.29) is 11.9 Å². The normalized spacial score (nSPS) is 10.9. The predicted molar refractivity (Wildman–Crippen MR) is 85.5 cm³/mol. The van der Waals surface area contributed by atoms with E-state index in [2.05, 4.69) is 15.2 Å². The number of hydrogen-bond donors (Lipinski definition) is 1. The highest BCUT2D eigenvalue weighted by Crippen LogP contribution is 2.20. The molecule has 0 atom stereocenters. The highest BCUT2D eigenvalue weighted by atomic mass is 32.2. The number of H-pyrrole nitrogens is 1. The van der Waals surface area contributed by atoms with Gasteiger partial charge in [-0.1, -0.05) is 36.9 Å². The number of nitrogens with one attached hydrogen (secondary N) is 1. The number of carbonyl (C=O) groups is 1. The third-order valence-corrected chi connectivity index (χ3v) is 3.82. The minimum atomic E-state index is 0.0593.